The summed E-state index contributed by atoms with van der Waals surface area (Å²) >= 11 is 5.93. The molecular formula is C28H27ClN4O4. The van der Waals surface area contributed by atoms with Crippen LogP contribution in [0.5, 0.6) is 0 Å². The summed E-state index contributed by atoms with van der Waals surface area (Å²) in [6, 6.07) is 13.7. The number of hydrogen-bond donors (Lipinski definition) is 0. The van der Waals surface area contributed by atoms with Gasteiger partial charge in [-0.05, 0) is 55.3 Å². The lowest BCUT2D eigenvalue weighted by Gasteiger charge is -2.15. The number of ether oxygens (including phenoxy) is 1. The quantitative estimate of drug-likeness (QED) is 0.144. The molecule has 0 atom stereocenters. The number of nitrogens with zero attached hydrogens (tertiary/aromatic N) is 4. The highest BCUT2D eigenvalue weighted by Crippen LogP contribution is 2.13. The van der Waals surface area contributed by atoms with Crippen molar-refractivity contribution in [3.05, 3.63) is 92.8 Å². The molecule has 9 heteroatoms. The van der Waals surface area contributed by atoms with Crippen LogP contribution in [0.25, 0.3) is 22.8 Å². The first-order valence-electron chi connectivity index (χ1n) is 12.2. The minimum atomic E-state index is -0.667. The molecular weight excluding hydrogens is 492 g/mol. The first-order valence-corrected chi connectivity index (χ1v) is 12.5. The van der Waals surface area contributed by atoms with Crippen molar-refractivity contribution in [3.63, 3.8) is 0 Å². The average Bonchev–Trinajstić information content (AvgIpc) is 2.89. The van der Waals surface area contributed by atoms with Crippen LogP contribution in [-0.4, -0.2) is 32.4 Å². The van der Waals surface area contributed by atoms with Crippen LogP contribution in [0.1, 0.15) is 49.0 Å². The molecule has 0 aliphatic rings. The second-order valence-electron chi connectivity index (χ2n) is 8.38. The van der Waals surface area contributed by atoms with Crippen molar-refractivity contribution in [1.82, 2.24) is 14.0 Å². The third kappa shape index (κ3) is 5.86. The number of fused-ring (bicyclic) bond motifs is 2. The molecule has 3 heterocycles. The van der Waals surface area contributed by atoms with E-state index in [0.717, 1.165) is 24.8 Å². The standard InChI is InChI=1S/C28H27ClN4O4/c1-3-5-7-17-33-25-21(27(35)32-16-8-6-9-23(32)30-25)18-22(28(36)37-4-2)26(33)31-24(34)15-12-19-10-13-20(29)14-11-19/h6,8-16,18H,3-5,7,17H2,1-2H3/b15-12+,31-26?. The number of amides is 1. The highest BCUT2D eigenvalue weighted by Gasteiger charge is 2.19. The Morgan fingerprint density at radius 2 is 1.89 bits per heavy atom. The Morgan fingerprint density at radius 1 is 1.11 bits per heavy atom. The smallest absolute Gasteiger partial charge is 0.341 e. The summed E-state index contributed by atoms with van der Waals surface area (Å²) in [7, 11) is 0. The first kappa shape index (κ1) is 26.0. The Balaban J connectivity index is 1.97. The monoisotopic (exact) mass is 518 g/mol. The van der Waals surface area contributed by atoms with Crippen molar-refractivity contribution in [2.45, 2.75) is 39.7 Å². The van der Waals surface area contributed by atoms with E-state index in [1.54, 1.807) is 66.2 Å². The Hall–Kier alpha value is -4.04. The van der Waals surface area contributed by atoms with E-state index in [2.05, 4.69) is 11.9 Å². The SMILES string of the molecule is CCCCCn1c(=NC(=O)/C=C/c2ccc(Cl)cc2)c(C(=O)OCC)cc2c(=O)n3ccccc3nc21. The van der Waals surface area contributed by atoms with E-state index < -0.39 is 11.9 Å². The van der Waals surface area contributed by atoms with Gasteiger partial charge in [0.1, 0.15) is 16.9 Å². The average molecular weight is 519 g/mol. The van der Waals surface area contributed by atoms with E-state index in [1.165, 1.54) is 16.5 Å². The third-order valence-electron chi connectivity index (χ3n) is 5.77. The van der Waals surface area contributed by atoms with Crippen LogP contribution >= 0.6 is 11.6 Å². The molecule has 3 aromatic heterocycles. The van der Waals surface area contributed by atoms with E-state index in [-0.39, 0.29) is 28.6 Å². The molecule has 0 saturated carbocycles. The number of pyridine rings is 2. The number of halogens is 1. The minimum absolute atomic E-state index is 0.0360. The summed E-state index contributed by atoms with van der Waals surface area (Å²) in [6.07, 6.45) is 7.18. The number of rotatable bonds is 8. The lowest BCUT2D eigenvalue weighted by atomic mass is 10.2. The molecule has 0 bridgehead atoms. The van der Waals surface area contributed by atoms with E-state index in [9.17, 15) is 14.4 Å². The maximum absolute atomic E-state index is 13.4. The molecule has 37 heavy (non-hydrogen) atoms. The largest absolute Gasteiger partial charge is 0.462 e. The second kappa shape index (κ2) is 11.8. The molecule has 1 aromatic carbocycles. The first-order chi connectivity index (χ1) is 17.9. The fraction of sp³-hybridized carbons (Fsp3) is 0.250. The molecule has 0 saturated heterocycles. The summed E-state index contributed by atoms with van der Waals surface area (Å²) < 4.78 is 8.37. The van der Waals surface area contributed by atoms with Gasteiger partial charge in [0, 0.05) is 23.8 Å². The van der Waals surface area contributed by atoms with Crippen molar-refractivity contribution in [3.8, 4) is 0 Å². The Bertz CT molecular complexity index is 1620. The number of carbonyl (C=O) groups excluding carboxylic acids is 2. The number of unbranched alkanes of at least 4 members (excludes halogenated alkanes) is 2. The molecule has 0 fully saturated rings. The van der Waals surface area contributed by atoms with Gasteiger partial charge in [-0.1, -0.05) is 49.6 Å². The van der Waals surface area contributed by atoms with Crippen LogP contribution in [0.15, 0.2) is 70.6 Å². The Morgan fingerprint density at radius 3 is 2.62 bits per heavy atom. The van der Waals surface area contributed by atoms with Crippen LogP contribution in [0.3, 0.4) is 0 Å². The molecule has 190 valence electrons. The van der Waals surface area contributed by atoms with Gasteiger partial charge in [0.15, 0.2) is 5.49 Å². The maximum Gasteiger partial charge on any atom is 0.341 e. The van der Waals surface area contributed by atoms with Gasteiger partial charge >= 0.3 is 5.97 Å². The van der Waals surface area contributed by atoms with Crippen LogP contribution in [-0.2, 0) is 16.1 Å². The van der Waals surface area contributed by atoms with E-state index in [4.69, 9.17) is 21.3 Å². The van der Waals surface area contributed by atoms with Crippen molar-refractivity contribution in [2.24, 2.45) is 4.99 Å². The Kier molecular flexibility index (Phi) is 8.30. The predicted octanol–water partition coefficient (Wildman–Crippen LogP) is 4.81. The number of aromatic nitrogens is 3. The third-order valence-corrected chi connectivity index (χ3v) is 6.03. The van der Waals surface area contributed by atoms with Crippen molar-refractivity contribution < 1.29 is 14.3 Å². The molecule has 4 rings (SSSR count). The number of aryl methyl sites for hydroxylation is 1. The lowest BCUT2D eigenvalue weighted by Crippen LogP contribution is -2.32. The molecule has 0 radical (unpaired) electrons. The van der Waals surface area contributed by atoms with Gasteiger partial charge in [0.25, 0.3) is 11.5 Å². The van der Waals surface area contributed by atoms with Gasteiger partial charge in [0.05, 0.1) is 12.0 Å². The maximum atomic E-state index is 13.4. The van der Waals surface area contributed by atoms with Gasteiger partial charge < -0.3 is 9.30 Å². The van der Waals surface area contributed by atoms with Crippen molar-refractivity contribution >= 4 is 46.2 Å². The fourth-order valence-electron chi connectivity index (χ4n) is 3.97. The van der Waals surface area contributed by atoms with E-state index in [1.807, 2.05) is 0 Å². The summed E-state index contributed by atoms with van der Waals surface area (Å²) in [5, 5.41) is 0.832. The van der Waals surface area contributed by atoms with Gasteiger partial charge in [-0.3, -0.25) is 14.0 Å². The topological polar surface area (TPSA) is 95.0 Å². The zero-order chi connectivity index (χ0) is 26.4. The lowest BCUT2D eigenvalue weighted by molar-refractivity contribution is -0.113. The van der Waals surface area contributed by atoms with E-state index in [0.29, 0.717) is 22.9 Å². The predicted molar refractivity (Wildman–Crippen MR) is 143 cm³/mol. The van der Waals surface area contributed by atoms with E-state index >= 15 is 0 Å². The van der Waals surface area contributed by atoms with Gasteiger partial charge in [-0.25, -0.2) is 9.78 Å². The normalized spacial score (nSPS) is 12.0. The molecule has 0 spiro atoms. The highest BCUT2D eigenvalue weighted by atomic mass is 35.5. The second-order valence-corrected chi connectivity index (χ2v) is 8.82. The van der Waals surface area contributed by atoms with Crippen LogP contribution < -0.4 is 11.0 Å². The van der Waals surface area contributed by atoms with Crippen LogP contribution in [0.4, 0.5) is 0 Å². The molecule has 0 aliphatic heterocycles. The zero-order valence-corrected chi connectivity index (χ0v) is 21.4. The van der Waals surface area contributed by atoms with Gasteiger partial charge in [0.2, 0.25) is 0 Å². The molecule has 0 unspecified atom stereocenters. The summed E-state index contributed by atoms with van der Waals surface area (Å²) in [4.78, 5) is 48.3. The summed E-state index contributed by atoms with van der Waals surface area (Å²) in [5.41, 5.74) is 1.40. The number of benzene rings is 1. The molecule has 8 nitrogen and oxygen atoms in total. The fourth-order valence-corrected chi connectivity index (χ4v) is 4.10. The number of esters is 1. The van der Waals surface area contributed by atoms with Crippen LogP contribution in [0, 0.1) is 0 Å². The molecule has 0 aliphatic carbocycles. The van der Waals surface area contributed by atoms with Crippen molar-refractivity contribution in [2.75, 3.05) is 6.61 Å². The van der Waals surface area contributed by atoms with Gasteiger partial charge in [-0.15, -0.1) is 0 Å². The number of carbonyl (C=O) groups is 2. The highest BCUT2D eigenvalue weighted by molar-refractivity contribution is 6.30. The van der Waals surface area contributed by atoms with Crippen LogP contribution in [0.2, 0.25) is 5.02 Å². The Labute approximate surface area is 218 Å². The van der Waals surface area contributed by atoms with Gasteiger partial charge in [-0.2, -0.15) is 4.99 Å². The summed E-state index contributed by atoms with van der Waals surface area (Å²) in [5.74, 6) is -1.24. The molecule has 0 N–H and O–H groups in total. The zero-order valence-electron chi connectivity index (χ0n) is 20.7. The summed E-state index contributed by atoms with van der Waals surface area (Å²) in [6.45, 7) is 4.31. The molecule has 4 aromatic rings. The molecule has 1 amide bonds. The minimum Gasteiger partial charge on any atom is -0.462 e. The van der Waals surface area contributed by atoms with Crippen molar-refractivity contribution in [1.29, 1.82) is 0 Å². The number of hydrogen-bond acceptors (Lipinski definition) is 5.